The first kappa shape index (κ1) is 34.2. The van der Waals surface area contributed by atoms with Crippen LogP contribution < -0.4 is 9.47 Å². The van der Waals surface area contributed by atoms with E-state index in [0.717, 1.165) is 65.8 Å². The van der Waals surface area contributed by atoms with E-state index in [2.05, 4.69) is 4.74 Å². The highest BCUT2D eigenvalue weighted by Crippen LogP contribution is 2.29. The monoisotopic (exact) mass is 627 g/mol. The molecule has 0 aliphatic heterocycles. The third-order valence-electron chi connectivity index (χ3n) is 7.71. The summed E-state index contributed by atoms with van der Waals surface area (Å²) in [5, 5.41) is 0. The van der Waals surface area contributed by atoms with E-state index in [0.29, 0.717) is 38.4 Å². The predicted octanol–water partition coefficient (Wildman–Crippen LogP) is 8.25. The van der Waals surface area contributed by atoms with Gasteiger partial charge in [0.05, 0.1) is 39.0 Å². The third kappa shape index (κ3) is 11.0. The fraction of sp³-hybridized carbons (Fsp3) is 0.342. The van der Waals surface area contributed by atoms with Crippen LogP contribution in [-0.4, -0.2) is 44.4 Å². The number of rotatable bonds is 18. The first-order valence-electron chi connectivity index (χ1n) is 15.8. The van der Waals surface area contributed by atoms with Crippen LogP contribution in [0.1, 0.15) is 50.5 Å². The van der Waals surface area contributed by atoms with Crippen molar-refractivity contribution in [2.75, 3.05) is 27.4 Å². The van der Waals surface area contributed by atoms with Crippen LogP contribution >= 0.6 is 0 Å². The fourth-order valence-electron chi connectivity index (χ4n) is 5.15. The van der Waals surface area contributed by atoms with E-state index in [1.165, 1.54) is 26.4 Å². The Morgan fingerprint density at radius 1 is 0.717 bits per heavy atom. The topological polar surface area (TPSA) is 84.0 Å². The Labute approximate surface area is 270 Å². The predicted molar refractivity (Wildman–Crippen MR) is 176 cm³/mol. The highest BCUT2D eigenvalue weighted by atomic mass is 19.1. The molecule has 0 N–H and O–H groups in total. The molecular formula is C38H42FNO6. The molecule has 4 aromatic rings. The Hall–Kier alpha value is -4.72. The van der Waals surface area contributed by atoms with Crippen molar-refractivity contribution < 1.29 is 32.9 Å². The summed E-state index contributed by atoms with van der Waals surface area (Å²) in [6.07, 6.45) is 5.92. The average Bonchev–Trinajstić information content (AvgIpc) is 3.09. The Morgan fingerprint density at radius 3 is 2.15 bits per heavy atom. The summed E-state index contributed by atoms with van der Waals surface area (Å²) in [5.74, 6) is 0.295. The first-order chi connectivity index (χ1) is 22.4. The summed E-state index contributed by atoms with van der Waals surface area (Å²) in [6.45, 7) is 0.948. The minimum absolute atomic E-state index is 0.201. The number of aromatic nitrogens is 1. The number of ether oxygens (including phenoxy) is 4. The SMILES string of the molecule is COC(=O)CCCOc1ccc(CC(CCCCCCOc2cc(-c3ccccc3)cc(-c3ccc(F)cc3)n2)C(=O)OC)cc1. The molecule has 0 aliphatic rings. The van der Waals surface area contributed by atoms with Gasteiger partial charge in [0.25, 0.3) is 0 Å². The van der Waals surface area contributed by atoms with Crippen LogP contribution in [0.25, 0.3) is 22.4 Å². The zero-order valence-electron chi connectivity index (χ0n) is 26.6. The molecule has 0 saturated carbocycles. The van der Waals surface area contributed by atoms with Gasteiger partial charge in [-0.15, -0.1) is 0 Å². The van der Waals surface area contributed by atoms with Gasteiger partial charge in [-0.25, -0.2) is 9.37 Å². The van der Waals surface area contributed by atoms with E-state index in [1.54, 1.807) is 12.1 Å². The van der Waals surface area contributed by atoms with E-state index in [1.807, 2.05) is 66.7 Å². The standard InChI is InChI=1S/C38H42FNO6/c1-43-37(41)14-10-24-45-34-21-15-28(16-22-34)25-31(38(42)44-2)13-6-3-4-9-23-46-36-27-32(29-11-7-5-8-12-29)26-35(40-36)30-17-19-33(39)20-18-30/h5,7-8,11-12,15-22,26-27,31H,3-4,6,9-10,13-14,23-25H2,1-2H3. The molecule has 0 spiro atoms. The van der Waals surface area contributed by atoms with Gasteiger partial charge in [-0.2, -0.15) is 0 Å². The molecule has 0 amide bonds. The van der Waals surface area contributed by atoms with Gasteiger partial charge < -0.3 is 18.9 Å². The Kier molecular flexibility index (Phi) is 13.6. The van der Waals surface area contributed by atoms with E-state index in [4.69, 9.17) is 19.2 Å². The summed E-state index contributed by atoms with van der Waals surface area (Å²) in [7, 11) is 2.80. The number of benzene rings is 3. The molecule has 1 aromatic heterocycles. The quantitative estimate of drug-likeness (QED) is 0.0811. The van der Waals surface area contributed by atoms with E-state index >= 15 is 0 Å². The molecular weight excluding hydrogens is 585 g/mol. The van der Waals surface area contributed by atoms with Gasteiger partial charge in [0, 0.05) is 18.1 Å². The van der Waals surface area contributed by atoms with Gasteiger partial charge in [0.15, 0.2) is 0 Å². The van der Waals surface area contributed by atoms with Crippen molar-refractivity contribution in [3.8, 4) is 34.0 Å². The molecule has 0 bridgehead atoms. The van der Waals surface area contributed by atoms with E-state index < -0.39 is 0 Å². The zero-order chi connectivity index (χ0) is 32.6. The summed E-state index contributed by atoms with van der Waals surface area (Å²) < 4.78 is 35.0. The van der Waals surface area contributed by atoms with Crippen molar-refractivity contribution in [1.82, 2.24) is 4.98 Å². The number of methoxy groups -OCH3 is 2. The van der Waals surface area contributed by atoms with Gasteiger partial charge in [-0.1, -0.05) is 61.7 Å². The molecule has 1 atom stereocenters. The molecule has 0 radical (unpaired) electrons. The highest BCUT2D eigenvalue weighted by molar-refractivity contribution is 5.73. The lowest BCUT2D eigenvalue weighted by Gasteiger charge is -2.15. The summed E-state index contributed by atoms with van der Waals surface area (Å²) >= 11 is 0. The van der Waals surface area contributed by atoms with Crippen molar-refractivity contribution in [2.45, 2.75) is 51.4 Å². The minimum Gasteiger partial charge on any atom is -0.494 e. The lowest BCUT2D eigenvalue weighted by Crippen LogP contribution is -2.18. The summed E-state index contributed by atoms with van der Waals surface area (Å²) in [5.41, 5.74) is 4.62. The molecule has 242 valence electrons. The van der Waals surface area contributed by atoms with Crippen LogP contribution in [0.3, 0.4) is 0 Å². The first-order valence-corrected chi connectivity index (χ1v) is 15.8. The maximum Gasteiger partial charge on any atom is 0.308 e. The molecule has 0 aliphatic carbocycles. The van der Waals surface area contributed by atoms with Crippen molar-refractivity contribution in [1.29, 1.82) is 0 Å². The van der Waals surface area contributed by atoms with Gasteiger partial charge in [0.2, 0.25) is 5.88 Å². The fourth-order valence-corrected chi connectivity index (χ4v) is 5.15. The molecule has 8 heteroatoms. The van der Waals surface area contributed by atoms with Crippen LogP contribution in [0.5, 0.6) is 11.6 Å². The Bertz CT molecular complexity index is 1510. The molecule has 0 fully saturated rings. The van der Waals surface area contributed by atoms with Crippen LogP contribution in [0.15, 0.2) is 91.0 Å². The second-order valence-corrected chi connectivity index (χ2v) is 11.1. The largest absolute Gasteiger partial charge is 0.494 e. The zero-order valence-corrected chi connectivity index (χ0v) is 26.6. The second kappa shape index (κ2) is 18.3. The lowest BCUT2D eigenvalue weighted by atomic mass is 9.93. The van der Waals surface area contributed by atoms with Crippen molar-refractivity contribution in [2.24, 2.45) is 5.92 Å². The van der Waals surface area contributed by atoms with E-state index in [9.17, 15) is 14.0 Å². The maximum atomic E-state index is 13.5. The minimum atomic E-state index is -0.289. The number of esters is 2. The molecule has 1 unspecified atom stereocenters. The molecule has 7 nitrogen and oxygen atoms in total. The van der Waals surface area contributed by atoms with Gasteiger partial charge in [-0.05, 0) is 84.8 Å². The number of pyridine rings is 1. The van der Waals surface area contributed by atoms with Crippen LogP contribution in [-0.2, 0) is 25.5 Å². The number of carbonyl (C=O) groups is 2. The van der Waals surface area contributed by atoms with Crippen molar-refractivity contribution in [3.05, 3.63) is 102 Å². The number of halogens is 1. The molecule has 3 aromatic carbocycles. The number of nitrogens with zero attached hydrogens (tertiary/aromatic N) is 1. The molecule has 1 heterocycles. The molecule has 4 rings (SSSR count). The summed E-state index contributed by atoms with van der Waals surface area (Å²) in [6, 6.07) is 28.0. The number of hydrogen-bond donors (Lipinski definition) is 0. The number of unbranched alkanes of at least 4 members (excludes halogenated alkanes) is 3. The van der Waals surface area contributed by atoms with Gasteiger partial charge >= 0.3 is 11.9 Å². The average molecular weight is 628 g/mol. The van der Waals surface area contributed by atoms with E-state index in [-0.39, 0.29) is 23.7 Å². The summed E-state index contributed by atoms with van der Waals surface area (Å²) in [4.78, 5) is 28.4. The van der Waals surface area contributed by atoms with Crippen LogP contribution in [0, 0.1) is 11.7 Å². The van der Waals surface area contributed by atoms with Gasteiger partial charge in [-0.3, -0.25) is 9.59 Å². The van der Waals surface area contributed by atoms with Crippen LogP contribution in [0.2, 0.25) is 0 Å². The van der Waals surface area contributed by atoms with Crippen molar-refractivity contribution >= 4 is 11.9 Å². The molecule has 0 saturated heterocycles. The number of hydrogen-bond acceptors (Lipinski definition) is 7. The van der Waals surface area contributed by atoms with Crippen LogP contribution in [0.4, 0.5) is 4.39 Å². The third-order valence-corrected chi connectivity index (χ3v) is 7.71. The highest BCUT2D eigenvalue weighted by Gasteiger charge is 2.19. The normalized spacial score (nSPS) is 11.5. The molecule has 46 heavy (non-hydrogen) atoms. The Balaban J connectivity index is 1.23. The Morgan fingerprint density at radius 2 is 1.43 bits per heavy atom. The number of carbonyl (C=O) groups excluding carboxylic acids is 2. The van der Waals surface area contributed by atoms with Gasteiger partial charge in [0.1, 0.15) is 11.6 Å². The smallest absolute Gasteiger partial charge is 0.308 e. The van der Waals surface area contributed by atoms with Crippen molar-refractivity contribution in [3.63, 3.8) is 0 Å². The maximum absolute atomic E-state index is 13.5. The second-order valence-electron chi connectivity index (χ2n) is 11.1. The lowest BCUT2D eigenvalue weighted by molar-refractivity contribution is -0.145.